The Morgan fingerprint density at radius 2 is 0.615 bits per heavy atom. The second-order valence-electron chi connectivity index (χ2n) is 25.7. The summed E-state index contributed by atoms with van der Waals surface area (Å²) in [4.78, 5) is 95.0. The zero-order valence-corrected chi connectivity index (χ0v) is 63.8. The van der Waals surface area contributed by atoms with Gasteiger partial charge in [-0.15, -0.1) is 0 Å². The van der Waals surface area contributed by atoms with Crippen LogP contribution in [0, 0.1) is 0 Å². The van der Waals surface area contributed by atoms with Gasteiger partial charge in [0.2, 0.25) is 0 Å². The summed E-state index contributed by atoms with van der Waals surface area (Å²) >= 11 is 0. The first kappa shape index (κ1) is 74.7. The van der Waals surface area contributed by atoms with Crippen molar-refractivity contribution >= 4 is 92.6 Å². The van der Waals surface area contributed by atoms with E-state index >= 15 is 0 Å². The Labute approximate surface area is 674 Å². The monoisotopic (exact) mass is 1590 g/mol. The molecule has 562 valence electrons. The number of phenolic OH excluding ortho intramolecular Hbond substituents is 4. The third-order valence-electron chi connectivity index (χ3n) is 18.3. The molecule has 2 aliphatic heterocycles. The summed E-state index contributed by atoms with van der Waals surface area (Å²) in [6.45, 7) is 0. The van der Waals surface area contributed by atoms with E-state index in [1.54, 1.807) is 212 Å². The summed E-state index contributed by atoms with van der Waals surface area (Å²) in [5.74, 6) is -0.847. The fourth-order valence-electron chi connectivity index (χ4n) is 12.8. The second-order valence-corrected chi connectivity index (χ2v) is 25.7. The van der Waals surface area contributed by atoms with Crippen LogP contribution in [0.15, 0.2) is 287 Å². The van der Waals surface area contributed by atoms with Crippen molar-refractivity contribution in [3.05, 3.63) is 311 Å². The van der Waals surface area contributed by atoms with Crippen LogP contribution in [0.25, 0.3) is 89.7 Å². The van der Waals surface area contributed by atoms with Crippen molar-refractivity contribution in [2.75, 3.05) is 0 Å². The molecule has 29 heteroatoms. The van der Waals surface area contributed by atoms with Crippen molar-refractivity contribution in [3.63, 3.8) is 0 Å². The number of amides is 4. The number of carbonyl (C=O) groups is 4. The molecule has 0 spiro atoms. The maximum absolute atomic E-state index is 13.2. The predicted molar refractivity (Wildman–Crippen MR) is 433 cm³/mol. The molecular formula is C88H56N16O12Zn. The average molecular weight is 1590 g/mol. The van der Waals surface area contributed by atoms with E-state index in [-0.39, 0.29) is 139 Å². The van der Waals surface area contributed by atoms with E-state index in [9.17, 15) is 39.6 Å². The smallest absolute Gasteiger partial charge is 0.507 e. The average Bonchev–Trinajstić information content (AvgIpc) is 1.59. The minimum atomic E-state index is -0.657. The summed E-state index contributed by atoms with van der Waals surface area (Å²) in [6.07, 6.45) is 5.62. The van der Waals surface area contributed by atoms with Crippen LogP contribution >= 0.6 is 0 Å². The number of ether oxygens (including phenoxy) is 4. The Kier molecular flexibility index (Phi) is 21.0. The topological polar surface area (TPSA) is 389 Å². The van der Waals surface area contributed by atoms with Crippen molar-refractivity contribution in [3.8, 4) is 115 Å². The van der Waals surface area contributed by atoms with Crippen molar-refractivity contribution in [1.29, 1.82) is 0 Å². The molecule has 28 nitrogen and oxygen atoms in total. The molecule has 12 aromatic carbocycles. The first-order valence-corrected chi connectivity index (χ1v) is 35.6. The third-order valence-corrected chi connectivity index (χ3v) is 18.3. The van der Waals surface area contributed by atoms with E-state index in [1.807, 2.05) is 6.07 Å². The van der Waals surface area contributed by atoms with Gasteiger partial charge in [0.05, 0.1) is 81.5 Å². The van der Waals surface area contributed by atoms with Crippen LogP contribution in [-0.2, 0) is 19.5 Å². The van der Waals surface area contributed by atoms with Gasteiger partial charge in [-0.1, -0.05) is 133 Å². The van der Waals surface area contributed by atoms with Crippen molar-refractivity contribution in [2.45, 2.75) is 0 Å². The molecule has 8 bridgehead atoms. The second kappa shape index (κ2) is 32.9. The quantitative estimate of drug-likeness (QED) is 0.0200. The maximum Gasteiger partial charge on any atom is 2.00 e. The third kappa shape index (κ3) is 15.6. The Morgan fingerprint density at radius 3 is 1.03 bits per heavy atom. The molecule has 0 saturated carbocycles. The number of rotatable bonds is 20. The molecule has 0 unspecified atom stereocenters. The summed E-state index contributed by atoms with van der Waals surface area (Å²) in [5, 5.41) is 60.3. The number of benzene rings is 12. The van der Waals surface area contributed by atoms with Crippen LogP contribution in [0.1, 0.15) is 63.7 Å². The van der Waals surface area contributed by atoms with E-state index in [2.05, 4.69) is 42.1 Å². The molecule has 15 aromatic rings. The Bertz CT molecular complexity index is 6830. The normalized spacial score (nSPS) is 11.5. The number of phenols is 4. The minimum Gasteiger partial charge on any atom is -0.507 e. The molecule has 5 heterocycles. The van der Waals surface area contributed by atoms with E-state index < -0.39 is 23.6 Å². The summed E-state index contributed by atoms with van der Waals surface area (Å²) in [7, 11) is 0. The number of fused-ring (bicyclic) bond motifs is 20. The van der Waals surface area contributed by atoms with E-state index in [1.165, 1.54) is 73.4 Å². The fourth-order valence-corrected chi connectivity index (χ4v) is 12.8. The number of hydrogen-bond donors (Lipinski definition) is 8. The van der Waals surface area contributed by atoms with E-state index in [0.29, 0.717) is 83.3 Å². The van der Waals surface area contributed by atoms with Crippen molar-refractivity contribution < 1.29 is 78.0 Å². The van der Waals surface area contributed by atoms with Crippen molar-refractivity contribution in [1.82, 2.24) is 61.6 Å². The number of aromatic nitrogens is 8. The zero-order chi connectivity index (χ0) is 79.2. The molecule has 0 radical (unpaired) electrons. The number of hydrazone groups is 4. The summed E-state index contributed by atoms with van der Waals surface area (Å²) in [5.41, 5.74) is 13.8. The van der Waals surface area contributed by atoms with Gasteiger partial charge in [-0.3, -0.25) is 19.2 Å². The summed E-state index contributed by atoms with van der Waals surface area (Å²) < 4.78 is 27.4. The number of para-hydroxylation sites is 8. The fraction of sp³-hybridized carbons (Fsp3) is 0. The minimum absolute atomic E-state index is 0. The van der Waals surface area contributed by atoms with Gasteiger partial charge in [-0.05, 0) is 150 Å². The van der Waals surface area contributed by atoms with Crippen LogP contribution in [0.5, 0.6) is 69.0 Å². The first-order chi connectivity index (χ1) is 56.8. The van der Waals surface area contributed by atoms with Crippen LogP contribution in [0.2, 0.25) is 0 Å². The van der Waals surface area contributed by atoms with E-state index in [4.69, 9.17) is 58.8 Å². The zero-order valence-electron chi connectivity index (χ0n) is 60.8. The van der Waals surface area contributed by atoms with Crippen LogP contribution in [0.3, 0.4) is 0 Å². The SMILES string of the molecule is O=C(N/N=C\c1ccccc1Oc1cccc2c1-c1nc-2nc2[n-]c(nc3nc(nc4[n-]c(n1)c1c(Oc5ccccc5/C=N/NC(=O)c5ccccc5O)cccc41)-c1c(Oc4ccccc4/C=N/NC(=O)c4ccccc4O)cccc1-3)c1ccc(Oc3ccccc3/C=N/NC(=O)c3ccccc3O)cc21)c1ccccc1O.[Zn+2]. The molecule has 2 aliphatic rings. The van der Waals surface area contributed by atoms with Crippen molar-refractivity contribution in [2.24, 2.45) is 20.4 Å². The Balaban J connectivity index is 0.0000102. The van der Waals surface area contributed by atoms with E-state index in [0.717, 1.165) is 0 Å². The first-order valence-electron chi connectivity index (χ1n) is 35.6. The molecule has 0 saturated heterocycles. The molecular weight excluding hydrogens is 1540 g/mol. The molecule has 0 fully saturated rings. The molecule has 3 aromatic heterocycles. The van der Waals surface area contributed by atoms with Gasteiger partial charge in [0.1, 0.15) is 69.0 Å². The Hall–Kier alpha value is -16.4. The van der Waals surface area contributed by atoms with Gasteiger partial charge in [0.25, 0.3) is 23.6 Å². The molecule has 0 aliphatic carbocycles. The molecule has 4 amide bonds. The van der Waals surface area contributed by atoms with Crippen LogP contribution in [0.4, 0.5) is 0 Å². The Morgan fingerprint density at radius 1 is 0.299 bits per heavy atom. The molecule has 117 heavy (non-hydrogen) atoms. The van der Waals surface area contributed by atoms with Gasteiger partial charge in [-0.2, -0.15) is 20.4 Å². The molecule has 8 N–H and O–H groups in total. The van der Waals surface area contributed by atoms with Gasteiger partial charge < -0.3 is 69.3 Å². The number of carbonyl (C=O) groups excluding carboxylic acids is 4. The van der Waals surface area contributed by atoms with Gasteiger partial charge >= 0.3 is 19.5 Å². The van der Waals surface area contributed by atoms with Gasteiger partial charge in [0.15, 0.2) is 0 Å². The largest absolute Gasteiger partial charge is 2.00 e. The number of nitrogens with zero attached hydrogens (tertiary/aromatic N) is 12. The number of hydrogen-bond acceptors (Lipinski definition) is 22. The molecule has 0 atom stereocenters. The van der Waals surface area contributed by atoms with Crippen LogP contribution < -0.4 is 50.6 Å². The number of aromatic hydroxyl groups is 4. The number of nitrogens with one attached hydrogen (secondary N) is 4. The van der Waals surface area contributed by atoms with Crippen LogP contribution in [-0.4, -0.2) is 98.8 Å². The maximum atomic E-state index is 13.2. The summed E-state index contributed by atoms with van der Waals surface area (Å²) in [6, 6.07) is 73.4. The standard InChI is InChI=1S/C88H58N16O12.Zn/c105-63-31-9-5-24-55(63)85(109)101-89-45-49-20-1-13-35-67(49)113-53-42-43-54-62(44-53)81-94-77(54)93-78-59-28-17-39-71(114-68-36-14-2-21-50(68)46-90-102-86(110)56-25-6-10-32-64(56)106)74(59)82(96-78)98-80-61-30-19-41-73(116-70-38-16-4-23-52(70)48-92-104-88(112)58-27-8-12-34-66(58)108)76(61)84(99-80)100-83-75-60(79(95-81)97-83)29-18-40-72(75)115-69-37-15-3-22-51(69)47-91-103-87(111)57-26-7-11-33-65(57)107;/h1-48H,(H10,93,94,95,96,97,98,99,100,101,102,103,104,105,106,107,108,109,110,111,112);/q;+2/p-2/b89-45+,90-46+,91-47-,92-48+;. The molecule has 17 rings (SSSR count). The predicted octanol–water partition coefficient (Wildman–Crippen LogP) is 15.2. The van der Waals surface area contributed by atoms with Gasteiger partial charge in [0, 0.05) is 61.4 Å². The van der Waals surface area contributed by atoms with Gasteiger partial charge in [-0.25, -0.2) is 31.7 Å².